The molecule has 72 valence electrons. The minimum absolute atomic E-state index is 0.653. The van der Waals surface area contributed by atoms with Crippen molar-refractivity contribution in [2.45, 2.75) is 6.92 Å². The minimum Gasteiger partial charge on any atom is -0.382 e. The average molecular weight is 187 g/mol. The Hall–Kier alpha value is -1.82. The number of nitriles is 1. The van der Waals surface area contributed by atoms with Crippen LogP contribution in [0.5, 0.6) is 0 Å². The van der Waals surface area contributed by atoms with Crippen molar-refractivity contribution in [3.8, 4) is 6.07 Å². The Morgan fingerprint density at radius 2 is 2.29 bits per heavy atom. The van der Waals surface area contributed by atoms with Crippen LogP contribution in [0.15, 0.2) is 24.5 Å². The first-order valence-corrected chi connectivity index (χ1v) is 4.35. The van der Waals surface area contributed by atoms with E-state index in [2.05, 4.69) is 11.1 Å². The Balaban J connectivity index is 3.09. The highest BCUT2D eigenvalue weighted by Gasteiger charge is 2.00. The van der Waals surface area contributed by atoms with Gasteiger partial charge in [0.05, 0.1) is 5.57 Å². The van der Waals surface area contributed by atoms with Crippen LogP contribution in [0.4, 0.5) is 0 Å². The van der Waals surface area contributed by atoms with E-state index in [0.29, 0.717) is 5.57 Å². The Bertz CT molecular complexity index is 386. The van der Waals surface area contributed by atoms with Gasteiger partial charge in [-0.05, 0) is 24.6 Å². The van der Waals surface area contributed by atoms with Crippen molar-refractivity contribution in [1.29, 1.82) is 5.26 Å². The van der Waals surface area contributed by atoms with Gasteiger partial charge in [-0.3, -0.25) is 4.98 Å². The number of rotatable bonds is 2. The topological polar surface area (TPSA) is 39.9 Å². The summed E-state index contributed by atoms with van der Waals surface area (Å²) in [5.41, 5.74) is 2.48. The maximum atomic E-state index is 8.95. The zero-order chi connectivity index (χ0) is 10.6. The van der Waals surface area contributed by atoms with E-state index in [0.717, 1.165) is 11.3 Å². The molecule has 0 fully saturated rings. The molecule has 0 N–H and O–H groups in total. The van der Waals surface area contributed by atoms with Crippen LogP contribution in [0.2, 0.25) is 0 Å². The quantitative estimate of drug-likeness (QED) is 0.663. The highest BCUT2D eigenvalue weighted by Crippen LogP contribution is 2.13. The van der Waals surface area contributed by atoms with Gasteiger partial charge in [-0.1, -0.05) is 0 Å². The molecule has 0 bridgehead atoms. The average Bonchev–Trinajstić information content (AvgIpc) is 2.14. The molecule has 0 saturated heterocycles. The van der Waals surface area contributed by atoms with E-state index in [1.165, 1.54) is 0 Å². The van der Waals surface area contributed by atoms with Gasteiger partial charge >= 0.3 is 0 Å². The Kier molecular flexibility index (Phi) is 3.24. The third-order valence-corrected chi connectivity index (χ3v) is 1.72. The molecule has 0 aliphatic rings. The van der Waals surface area contributed by atoms with Crippen LogP contribution < -0.4 is 0 Å². The predicted octanol–water partition coefficient (Wildman–Crippen LogP) is 1.82. The number of hydrogen-bond acceptors (Lipinski definition) is 3. The number of allylic oxidation sites excluding steroid dienone is 1. The molecule has 1 heterocycles. The van der Waals surface area contributed by atoms with Gasteiger partial charge in [-0.2, -0.15) is 5.26 Å². The summed E-state index contributed by atoms with van der Waals surface area (Å²) in [7, 11) is 3.79. The molecular weight excluding hydrogens is 174 g/mol. The summed E-state index contributed by atoms with van der Waals surface area (Å²) < 4.78 is 0. The van der Waals surface area contributed by atoms with Crippen LogP contribution in [-0.2, 0) is 0 Å². The molecule has 0 aliphatic carbocycles. The minimum atomic E-state index is 0.653. The van der Waals surface area contributed by atoms with Crippen molar-refractivity contribution >= 4 is 5.57 Å². The molecule has 0 unspecified atom stereocenters. The van der Waals surface area contributed by atoms with E-state index in [9.17, 15) is 0 Å². The largest absolute Gasteiger partial charge is 0.382 e. The zero-order valence-electron chi connectivity index (χ0n) is 8.65. The number of aryl methyl sites for hydroxylation is 1. The van der Waals surface area contributed by atoms with Crippen LogP contribution in [0.3, 0.4) is 0 Å². The lowest BCUT2D eigenvalue weighted by atomic mass is 10.1. The highest BCUT2D eigenvalue weighted by molar-refractivity contribution is 5.76. The first kappa shape index (κ1) is 10.3. The van der Waals surface area contributed by atoms with Crippen molar-refractivity contribution < 1.29 is 0 Å². The van der Waals surface area contributed by atoms with Gasteiger partial charge in [0.25, 0.3) is 0 Å². The summed E-state index contributed by atoms with van der Waals surface area (Å²) >= 11 is 0. The van der Waals surface area contributed by atoms with Crippen LogP contribution >= 0.6 is 0 Å². The molecule has 0 saturated carbocycles. The molecule has 3 nitrogen and oxygen atoms in total. The molecule has 14 heavy (non-hydrogen) atoms. The third kappa shape index (κ3) is 2.60. The Morgan fingerprint density at radius 3 is 2.79 bits per heavy atom. The number of hydrogen-bond donors (Lipinski definition) is 0. The van der Waals surface area contributed by atoms with Crippen molar-refractivity contribution in [3.05, 3.63) is 35.8 Å². The lowest BCUT2D eigenvalue weighted by molar-refractivity contribution is 0.566. The number of aromatic nitrogens is 1. The molecule has 3 heteroatoms. The van der Waals surface area contributed by atoms with Gasteiger partial charge in [0.2, 0.25) is 0 Å². The molecule has 0 atom stereocenters. The fourth-order valence-electron chi connectivity index (χ4n) is 1.14. The molecule has 0 amide bonds. The normalized spacial score (nSPS) is 10.9. The second-order valence-corrected chi connectivity index (χ2v) is 3.30. The predicted molar refractivity (Wildman–Crippen MR) is 56.3 cm³/mol. The maximum absolute atomic E-state index is 8.95. The Labute approximate surface area is 84.3 Å². The molecule has 1 aromatic rings. The van der Waals surface area contributed by atoms with Crippen LogP contribution in [0, 0.1) is 18.3 Å². The smallest absolute Gasteiger partial charge is 0.101 e. The Morgan fingerprint density at radius 1 is 1.57 bits per heavy atom. The SMILES string of the molecule is Cc1cc(/C(C#N)=C\N(C)C)ccn1. The molecule has 0 aromatic carbocycles. The van der Waals surface area contributed by atoms with Crippen molar-refractivity contribution in [2.75, 3.05) is 14.1 Å². The fourth-order valence-corrected chi connectivity index (χ4v) is 1.14. The first-order chi connectivity index (χ1) is 6.63. The number of pyridine rings is 1. The molecule has 0 spiro atoms. The molecular formula is C11H13N3. The lowest BCUT2D eigenvalue weighted by Gasteiger charge is -2.06. The van der Waals surface area contributed by atoms with E-state index < -0.39 is 0 Å². The van der Waals surface area contributed by atoms with Crippen molar-refractivity contribution in [2.24, 2.45) is 0 Å². The fraction of sp³-hybridized carbons (Fsp3) is 0.273. The van der Waals surface area contributed by atoms with Crippen molar-refractivity contribution in [3.63, 3.8) is 0 Å². The summed E-state index contributed by atoms with van der Waals surface area (Å²) in [4.78, 5) is 5.94. The highest BCUT2D eigenvalue weighted by atomic mass is 15.0. The second kappa shape index (κ2) is 4.43. The van der Waals surface area contributed by atoms with E-state index in [1.807, 2.05) is 38.1 Å². The molecule has 1 rings (SSSR count). The maximum Gasteiger partial charge on any atom is 0.101 e. The van der Waals surface area contributed by atoms with Crippen LogP contribution in [-0.4, -0.2) is 24.0 Å². The van der Waals surface area contributed by atoms with E-state index in [1.54, 1.807) is 12.4 Å². The van der Waals surface area contributed by atoms with Crippen LogP contribution in [0.1, 0.15) is 11.3 Å². The summed E-state index contributed by atoms with van der Waals surface area (Å²) in [5.74, 6) is 0. The van der Waals surface area contributed by atoms with Gasteiger partial charge in [0.15, 0.2) is 0 Å². The van der Waals surface area contributed by atoms with Gasteiger partial charge in [-0.15, -0.1) is 0 Å². The molecule has 0 aliphatic heterocycles. The van der Waals surface area contributed by atoms with Crippen LogP contribution in [0.25, 0.3) is 5.57 Å². The lowest BCUT2D eigenvalue weighted by Crippen LogP contribution is -2.02. The zero-order valence-corrected chi connectivity index (χ0v) is 8.65. The molecule has 1 aromatic heterocycles. The third-order valence-electron chi connectivity index (χ3n) is 1.72. The van der Waals surface area contributed by atoms with E-state index in [4.69, 9.17) is 5.26 Å². The summed E-state index contributed by atoms with van der Waals surface area (Å²) in [6.45, 7) is 1.91. The summed E-state index contributed by atoms with van der Waals surface area (Å²) in [6.07, 6.45) is 3.51. The van der Waals surface area contributed by atoms with Crippen molar-refractivity contribution in [1.82, 2.24) is 9.88 Å². The van der Waals surface area contributed by atoms with Gasteiger partial charge < -0.3 is 4.90 Å². The summed E-state index contributed by atoms with van der Waals surface area (Å²) in [6, 6.07) is 5.91. The van der Waals surface area contributed by atoms with Gasteiger partial charge in [0.1, 0.15) is 6.07 Å². The second-order valence-electron chi connectivity index (χ2n) is 3.30. The van der Waals surface area contributed by atoms with Gasteiger partial charge in [-0.25, -0.2) is 0 Å². The monoisotopic (exact) mass is 187 g/mol. The van der Waals surface area contributed by atoms with E-state index >= 15 is 0 Å². The number of nitrogens with zero attached hydrogens (tertiary/aromatic N) is 3. The van der Waals surface area contributed by atoms with E-state index in [-0.39, 0.29) is 0 Å². The standard InChI is InChI=1S/C11H13N3/c1-9-6-10(4-5-13-9)11(7-12)8-14(2)3/h4-6,8H,1-3H3/b11-8-. The summed E-state index contributed by atoms with van der Waals surface area (Å²) in [5, 5.41) is 8.95. The molecule has 0 radical (unpaired) electrons. The first-order valence-electron chi connectivity index (χ1n) is 4.35. The van der Waals surface area contributed by atoms with Gasteiger partial charge in [0, 0.05) is 32.2 Å².